The number of hydrogen-bond acceptors (Lipinski definition) is 5. The Balaban J connectivity index is 2.04. The standard InChI is InChI=1S/C13H19N3O2S/c1-3-13(14,4-2)8-18-7-10-15-9-5-6-19-11(9)12(17)16-10/h5-6H,3-4,7-8,14H2,1-2H3,(H,15,16,17). The van der Waals surface area contributed by atoms with Gasteiger partial charge in [-0.3, -0.25) is 4.79 Å². The van der Waals surface area contributed by atoms with Crippen LogP contribution < -0.4 is 11.3 Å². The number of aromatic nitrogens is 2. The van der Waals surface area contributed by atoms with E-state index < -0.39 is 0 Å². The molecule has 2 aromatic rings. The van der Waals surface area contributed by atoms with Gasteiger partial charge in [0, 0.05) is 5.54 Å². The summed E-state index contributed by atoms with van der Waals surface area (Å²) < 4.78 is 6.24. The normalized spacial score (nSPS) is 12.2. The summed E-state index contributed by atoms with van der Waals surface area (Å²) in [6.45, 7) is 4.83. The van der Waals surface area contributed by atoms with Crippen LogP contribution in [0.5, 0.6) is 0 Å². The minimum absolute atomic E-state index is 0.108. The van der Waals surface area contributed by atoms with Crippen LogP contribution in [0.4, 0.5) is 0 Å². The van der Waals surface area contributed by atoms with E-state index in [1.807, 2.05) is 25.3 Å². The second-order valence-corrected chi connectivity index (χ2v) is 5.63. The van der Waals surface area contributed by atoms with E-state index >= 15 is 0 Å². The fourth-order valence-electron chi connectivity index (χ4n) is 1.80. The number of nitrogens with zero attached hydrogens (tertiary/aromatic N) is 1. The van der Waals surface area contributed by atoms with Crippen molar-refractivity contribution in [3.05, 3.63) is 27.6 Å². The van der Waals surface area contributed by atoms with Gasteiger partial charge in [0.1, 0.15) is 17.1 Å². The first kappa shape index (κ1) is 14.2. The number of rotatable bonds is 6. The molecule has 0 aromatic carbocycles. The van der Waals surface area contributed by atoms with Crippen molar-refractivity contribution in [2.24, 2.45) is 5.73 Å². The molecular formula is C13H19N3O2S. The Labute approximate surface area is 115 Å². The van der Waals surface area contributed by atoms with Gasteiger partial charge < -0.3 is 15.5 Å². The molecule has 2 rings (SSSR count). The minimum atomic E-state index is -0.299. The Morgan fingerprint density at radius 1 is 1.47 bits per heavy atom. The highest BCUT2D eigenvalue weighted by atomic mass is 32.1. The van der Waals surface area contributed by atoms with Gasteiger partial charge in [0.05, 0.1) is 12.1 Å². The summed E-state index contributed by atoms with van der Waals surface area (Å²) in [6.07, 6.45) is 1.72. The predicted octanol–water partition coefficient (Wildman–Crippen LogP) is 2.02. The molecule has 0 fully saturated rings. The molecule has 19 heavy (non-hydrogen) atoms. The number of fused-ring (bicyclic) bond motifs is 1. The number of nitrogens with one attached hydrogen (secondary N) is 1. The second-order valence-electron chi connectivity index (χ2n) is 4.71. The third-order valence-corrected chi connectivity index (χ3v) is 4.30. The van der Waals surface area contributed by atoms with Crippen LogP contribution in [0.2, 0.25) is 0 Å². The largest absolute Gasteiger partial charge is 0.372 e. The van der Waals surface area contributed by atoms with Gasteiger partial charge in [-0.25, -0.2) is 4.98 Å². The monoisotopic (exact) mass is 281 g/mol. The highest BCUT2D eigenvalue weighted by molar-refractivity contribution is 7.17. The number of thiophene rings is 1. The summed E-state index contributed by atoms with van der Waals surface area (Å²) in [5, 5.41) is 1.86. The zero-order valence-electron chi connectivity index (χ0n) is 11.2. The Hall–Kier alpha value is -1.24. The SMILES string of the molecule is CCC(N)(CC)COCc1nc2ccsc2c(=O)[nH]1. The van der Waals surface area contributed by atoms with Crippen molar-refractivity contribution in [3.63, 3.8) is 0 Å². The molecule has 104 valence electrons. The molecule has 3 N–H and O–H groups in total. The van der Waals surface area contributed by atoms with Crippen LogP contribution in [0.1, 0.15) is 32.5 Å². The van der Waals surface area contributed by atoms with E-state index in [0.29, 0.717) is 17.1 Å². The molecule has 6 heteroatoms. The lowest BCUT2D eigenvalue weighted by Gasteiger charge is -2.26. The maximum atomic E-state index is 11.8. The number of ether oxygens (including phenoxy) is 1. The summed E-state index contributed by atoms with van der Waals surface area (Å²) in [6, 6.07) is 1.84. The molecule has 0 spiro atoms. The summed E-state index contributed by atoms with van der Waals surface area (Å²) in [7, 11) is 0. The summed E-state index contributed by atoms with van der Waals surface area (Å²) in [4.78, 5) is 18.9. The van der Waals surface area contributed by atoms with Gasteiger partial charge in [-0.15, -0.1) is 11.3 Å². The van der Waals surface area contributed by atoms with Crippen molar-refractivity contribution in [1.29, 1.82) is 0 Å². The maximum absolute atomic E-state index is 11.8. The Kier molecular flexibility index (Phi) is 4.34. The van der Waals surface area contributed by atoms with Gasteiger partial charge in [-0.05, 0) is 24.3 Å². The van der Waals surface area contributed by atoms with Crippen LogP contribution in [0.3, 0.4) is 0 Å². The fourth-order valence-corrected chi connectivity index (χ4v) is 2.52. The Morgan fingerprint density at radius 3 is 2.89 bits per heavy atom. The smallest absolute Gasteiger partial charge is 0.268 e. The average molecular weight is 281 g/mol. The van der Waals surface area contributed by atoms with Crippen LogP contribution >= 0.6 is 11.3 Å². The van der Waals surface area contributed by atoms with Gasteiger partial charge >= 0.3 is 0 Å². The van der Waals surface area contributed by atoms with E-state index in [0.717, 1.165) is 18.4 Å². The average Bonchev–Trinajstić information content (AvgIpc) is 2.87. The number of hydrogen-bond donors (Lipinski definition) is 2. The quantitative estimate of drug-likeness (QED) is 0.848. The second kappa shape index (κ2) is 5.81. The molecule has 0 saturated carbocycles. The minimum Gasteiger partial charge on any atom is -0.372 e. The predicted molar refractivity (Wildman–Crippen MR) is 77.4 cm³/mol. The van der Waals surface area contributed by atoms with E-state index in [2.05, 4.69) is 9.97 Å². The molecule has 2 aromatic heterocycles. The van der Waals surface area contributed by atoms with Crippen LogP contribution in [0.25, 0.3) is 10.2 Å². The van der Waals surface area contributed by atoms with E-state index in [4.69, 9.17) is 10.5 Å². The van der Waals surface area contributed by atoms with Crippen LogP contribution in [0.15, 0.2) is 16.2 Å². The van der Waals surface area contributed by atoms with Crippen molar-refractivity contribution in [2.45, 2.75) is 38.8 Å². The van der Waals surface area contributed by atoms with Crippen LogP contribution in [0, 0.1) is 0 Å². The zero-order valence-corrected chi connectivity index (χ0v) is 12.0. The van der Waals surface area contributed by atoms with E-state index in [-0.39, 0.29) is 17.7 Å². The molecule has 2 heterocycles. The number of nitrogens with two attached hydrogens (primary N) is 1. The summed E-state index contributed by atoms with van der Waals surface area (Å²) >= 11 is 1.39. The highest BCUT2D eigenvalue weighted by Crippen LogP contribution is 2.15. The first-order valence-corrected chi connectivity index (χ1v) is 7.29. The van der Waals surface area contributed by atoms with E-state index in [9.17, 15) is 4.79 Å². The van der Waals surface area contributed by atoms with Gasteiger partial charge in [0.15, 0.2) is 0 Å². The van der Waals surface area contributed by atoms with Gasteiger partial charge in [-0.1, -0.05) is 13.8 Å². The third kappa shape index (κ3) is 3.20. The lowest BCUT2D eigenvalue weighted by atomic mass is 9.96. The highest BCUT2D eigenvalue weighted by Gasteiger charge is 2.20. The van der Waals surface area contributed by atoms with Gasteiger partial charge in [0.2, 0.25) is 0 Å². The molecule has 0 amide bonds. The fraction of sp³-hybridized carbons (Fsp3) is 0.538. The molecular weight excluding hydrogens is 262 g/mol. The first-order valence-electron chi connectivity index (χ1n) is 6.41. The molecule has 0 bridgehead atoms. The molecule has 0 radical (unpaired) electrons. The van der Waals surface area contributed by atoms with Gasteiger partial charge in [-0.2, -0.15) is 0 Å². The lowest BCUT2D eigenvalue weighted by Crippen LogP contribution is -2.43. The van der Waals surface area contributed by atoms with Crippen molar-refractivity contribution in [1.82, 2.24) is 9.97 Å². The van der Waals surface area contributed by atoms with Crippen molar-refractivity contribution < 1.29 is 4.74 Å². The maximum Gasteiger partial charge on any atom is 0.268 e. The molecule has 0 aliphatic carbocycles. The third-order valence-electron chi connectivity index (χ3n) is 3.40. The molecule has 0 aliphatic heterocycles. The van der Waals surface area contributed by atoms with Crippen molar-refractivity contribution in [3.8, 4) is 0 Å². The lowest BCUT2D eigenvalue weighted by molar-refractivity contribution is 0.0658. The van der Waals surface area contributed by atoms with Crippen molar-refractivity contribution in [2.75, 3.05) is 6.61 Å². The molecule has 0 aliphatic rings. The van der Waals surface area contributed by atoms with E-state index in [1.54, 1.807) is 0 Å². The van der Waals surface area contributed by atoms with Crippen LogP contribution in [-0.4, -0.2) is 22.1 Å². The zero-order chi connectivity index (χ0) is 13.9. The first-order chi connectivity index (χ1) is 9.08. The van der Waals surface area contributed by atoms with Crippen LogP contribution in [-0.2, 0) is 11.3 Å². The number of aromatic amines is 1. The van der Waals surface area contributed by atoms with Crippen molar-refractivity contribution >= 4 is 21.6 Å². The molecule has 0 atom stereocenters. The van der Waals surface area contributed by atoms with E-state index in [1.165, 1.54) is 11.3 Å². The summed E-state index contributed by atoms with van der Waals surface area (Å²) in [5.74, 6) is 0.547. The topological polar surface area (TPSA) is 81.0 Å². The Morgan fingerprint density at radius 2 is 2.21 bits per heavy atom. The molecule has 5 nitrogen and oxygen atoms in total. The van der Waals surface area contributed by atoms with Gasteiger partial charge in [0.25, 0.3) is 5.56 Å². The molecule has 0 saturated heterocycles. The molecule has 0 unspecified atom stereocenters. The Bertz CT molecular complexity index is 601. The number of H-pyrrole nitrogens is 1. The summed E-state index contributed by atoms with van der Waals surface area (Å²) in [5.41, 5.74) is 6.46.